The maximum absolute atomic E-state index is 9.48. The van der Waals surface area contributed by atoms with Crippen molar-refractivity contribution in [3.05, 3.63) is 29.8 Å². The van der Waals surface area contributed by atoms with Crippen molar-refractivity contribution < 1.29 is 9.68 Å². The molecule has 0 aliphatic carbocycles. The third-order valence-corrected chi connectivity index (χ3v) is 2.20. The molecule has 1 aliphatic rings. The van der Waals surface area contributed by atoms with Crippen molar-refractivity contribution in [3.8, 4) is 0 Å². The monoisotopic (exact) mass is 175 g/mol. The molecule has 0 fully saturated rings. The number of hydrogen-bond acceptors (Lipinski definition) is 3. The van der Waals surface area contributed by atoms with Gasteiger partial charge in [0, 0.05) is 5.71 Å². The first-order chi connectivity index (χ1) is 6.20. The smallest absolute Gasteiger partial charge is 0.423 e. The van der Waals surface area contributed by atoms with E-state index < -0.39 is 7.12 Å². The topological polar surface area (TPSA) is 53.3 Å². The SMILES string of the molecule is CC(=N)C1OB(O)c2ccccc21. The summed E-state index contributed by atoms with van der Waals surface area (Å²) in [4.78, 5) is 0. The number of benzene rings is 1. The molecule has 0 aromatic heterocycles. The van der Waals surface area contributed by atoms with Gasteiger partial charge in [-0.2, -0.15) is 0 Å². The molecule has 0 spiro atoms. The van der Waals surface area contributed by atoms with Crippen LogP contribution in [0.4, 0.5) is 0 Å². The number of fused-ring (bicyclic) bond motifs is 1. The Morgan fingerprint density at radius 3 is 2.92 bits per heavy atom. The first kappa shape index (κ1) is 8.47. The largest absolute Gasteiger partial charge is 0.492 e. The number of nitrogens with one attached hydrogen (secondary N) is 1. The van der Waals surface area contributed by atoms with Gasteiger partial charge in [-0.1, -0.05) is 24.3 Å². The molecule has 1 aromatic carbocycles. The molecule has 4 heteroatoms. The van der Waals surface area contributed by atoms with Gasteiger partial charge in [-0.05, 0) is 17.9 Å². The van der Waals surface area contributed by atoms with Gasteiger partial charge in [0.25, 0.3) is 0 Å². The zero-order valence-corrected chi connectivity index (χ0v) is 7.32. The lowest BCUT2D eigenvalue weighted by molar-refractivity contribution is 0.247. The second kappa shape index (κ2) is 2.98. The Hall–Kier alpha value is -1.13. The lowest BCUT2D eigenvalue weighted by Gasteiger charge is -2.09. The molecule has 0 saturated carbocycles. The predicted molar refractivity (Wildman–Crippen MR) is 51.3 cm³/mol. The molecule has 0 saturated heterocycles. The average molecular weight is 175 g/mol. The van der Waals surface area contributed by atoms with Crippen LogP contribution in [0.3, 0.4) is 0 Å². The van der Waals surface area contributed by atoms with Gasteiger partial charge in [-0.3, -0.25) is 0 Å². The van der Waals surface area contributed by atoms with E-state index in [4.69, 9.17) is 10.1 Å². The molecule has 2 rings (SSSR count). The average Bonchev–Trinajstić information content (AvgIpc) is 2.45. The Morgan fingerprint density at radius 1 is 1.54 bits per heavy atom. The highest BCUT2D eigenvalue weighted by Gasteiger charge is 2.35. The summed E-state index contributed by atoms with van der Waals surface area (Å²) in [5.41, 5.74) is 2.10. The molecule has 13 heavy (non-hydrogen) atoms. The molecule has 0 radical (unpaired) electrons. The van der Waals surface area contributed by atoms with Crippen LogP contribution in [0.15, 0.2) is 24.3 Å². The molecule has 1 heterocycles. The standard InChI is InChI=1S/C9H10BNO2/c1-6(11)9-7-4-2-3-5-8(7)10(12)13-9/h2-5,9,11-12H,1H3. The van der Waals surface area contributed by atoms with Crippen LogP contribution in [0, 0.1) is 5.41 Å². The highest BCUT2D eigenvalue weighted by molar-refractivity contribution is 6.62. The van der Waals surface area contributed by atoms with E-state index >= 15 is 0 Å². The van der Waals surface area contributed by atoms with E-state index in [-0.39, 0.29) is 6.10 Å². The molecule has 1 unspecified atom stereocenters. The van der Waals surface area contributed by atoms with Crippen molar-refractivity contribution in [2.75, 3.05) is 0 Å². The summed E-state index contributed by atoms with van der Waals surface area (Å²) in [7, 11) is -0.874. The summed E-state index contributed by atoms with van der Waals surface area (Å²) in [5, 5.41) is 17.0. The van der Waals surface area contributed by atoms with Crippen LogP contribution in [-0.4, -0.2) is 17.9 Å². The summed E-state index contributed by atoms with van der Waals surface area (Å²) in [6, 6.07) is 7.44. The van der Waals surface area contributed by atoms with Gasteiger partial charge in [0.1, 0.15) is 6.10 Å². The zero-order valence-electron chi connectivity index (χ0n) is 7.32. The fourth-order valence-corrected chi connectivity index (χ4v) is 1.59. The Bertz CT molecular complexity index is 353. The van der Waals surface area contributed by atoms with Crippen molar-refractivity contribution in [2.24, 2.45) is 0 Å². The van der Waals surface area contributed by atoms with Gasteiger partial charge in [0.15, 0.2) is 0 Å². The number of rotatable bonds is 1. The molecule has 3 nitrogen and oxygen atoms in total. The van der Waals surface area contributed by atoms with E-state index in [2.05, 4.69) is 0 Å². The minimum Gasteiger partial charge on any atom is -0.423 e. The van der Waals surface area contributed by atoms with E-state index in [1.165, 1.54) is 0 Å². The van der Waals surface area contributed by atoms with E-state index in [1.807, 2.05) is 24.3 Å². The normalized spacial score (nSPS) is 20.2. The molecule has 1 aliphatic heterocycles. The molecule has 66 valence electrons. The first-order valence-corrected chi connectivity index (χ1v) is 4.17. The van der Waals surface area contributed by atoms with Gasteiger partial charge in [0.2, 0.25) is 0 Å². The van der Waals surface area contributed by atoms with Crippen LogP contribution in [0.2, 0.25) is 0 Å². The predicted octanol–water partition coefficient (Wildman–Crippen LogP) is 0.485. The number of hydrogen-bond donors (Lipinski definition) is 2. The van der Waals surface area contributed by atoms with E-state index in [0.717, 1.165) is 11.0 Å². The Labute approximate surface area is 77.0 Å². The van der Waals surface area contributed by atoms with Crippen LogP contribution >= 0.6 is 0 Å². The quantitative estimate of drug-likeness (QED) is 0.481. The maximum atomic E-state index is 9.48. The molecular formula is C9H10BNO2. The van der Waals surface area contributed by atoms with Crippen LogP contribution in [0.1, 0.15) is 18.6 Å². The molecule has 0 amide bonds. The van der Waals surface area contributed by atoms with Gasteiger partial charge >= 0.3 is 7.12 Å². The van der Waals surface area contributed by atoms with Crippen LogP contribution < -0.4 is 5.46 Å². The van der Waals surface area contributed by atoms with Gasteiger partial charge in [-0.15, -0.1) is 0 Å². The van der Waals surface area contributed by atoms with Crippen LogP contribution in [-0.2, 0) is 4.65 Å². The highest BCUT2D eigenvalue weighted by Crippen LogP contribution is 2.23. The summed E-state index contributed by atoms with van der Waals surface area (Å²) in [6.45, 7) is 1.68. The molecule has 0 bridgehead atoms. The summed E-state index contributed by atoms with van der Waals surface area (Å²) >= 11 is 0. The maximum Gasteiger partial charge on any atom is 0.492 e. The van der Waals surface area contributed by atoms with Gasteiger partial charge in [-0.25, -0.2) is 0 Å². The van der Waals surface area contributed by atoms with Gasteiger partial charge in [0.05, 0.1) is 0 Å². The lowest BCUT2D eigenvalue weighted by atomic mass is 9.79. The van der Waals surface area contributed by atoms with E-state index in [0.29, 0.717) is 5.71 Å². The van der Waals surface area contributed by atoms with Crippen LogP contribution in [0.25, 0.3) is 0 Å². The molecule has 1 aromatic rings. The molecular weight excluding hydrogens is 165 g/mol. The molecule has 2 N–H and O–H groups in total. The van der Waals surface area contributed by atoms with Crippen molar-refractivity contribution in [1.29, 1.82) is 5.41 Å². The van der Waals surface area contributed by atoms with E-state index in [9.17, 15) is 5.02 Å². The highest BCUT2D eigenvalue weighted by atomic mass is 16.5. The van der Waals surface area contributed by atoms with Crippen molar-refractivity contribution >= 4 is 18.3 Å². The minimum atomic E-state index is -0.874. The lowest BCUT2D eigenvalue weighted by Crippen LogP contribution is -2.27. The second-order valence-electron chi connectivity index (χ2n) is 3.18. The summed E-state index contributed by atoms with van der Waals surface area (Å²) in [6.07, 6.45) is -0.369. The fraction of sp³-hybridized carbons (Fsp3) is 0.222. The summed E-state index contributed by atoms with van der Waals surface area (Å²) in [5.74, 6) is 0. The third-order valence-electron chi connectivity index (χ3n) is 2.20. The van der Waals surface area contributed by atoms with Gasteiger partial charge < -0.3 is 15.1 Å². The molecule has 1 atom stereocenters. The first-order valence-electron chi connectivity index (χ1n) is 4.17. The Balaban J connectivity index is 2.47. The van der Waals surface area contributed by atoms with Crippen molar-refractivity contribution in [2.45, 2.75) is 13.0 Å². The minimum absolute atomic E-state index is 0.369. The second-order valence-corrected chi connectivity index (χ2v) is 3.18. The summed E-state index contributed by atoms with van der Waals surface area (Å²) < 4.78 is 5.22. The van der Waals surface area contributed by atoms with Crippen LogP contribution in [0.5, 0.6) is 0 Å². The van der Waals surface area contributed by atoms with Crippen molar-refractivity contribution in [1.82, 2.24) is 0 Å². The third kappa shape index (κ3) is 1.28. The Kier molecular flexibility index (Phi) is 1.94. The van der Waals surface area contributed by atoms with E-state index in [1.54, 1.807) is 6.92 Å². The Morgan fingerprint density at radius 2 is 2.23 bits per heavy atom. The fourth-order valence-electron chi connectivity index (χ4n) is 1.59. The van der Waals surface area contributed by atoms with Crippen molar-refractivity contribution in [3.63, 3.8) is 0 Å². The zero-order chi connectivity index (χ0) is 9.42.